The first-order valence-corrected chi connectivity index (χ1v) is 7.44. The van der Waals surface area contributed by atoms with Crippen molar-refractivity contribution in [3.05, 3.63) is 42.1 Å². The number of H-pyrrole nitrogens is 1. The second-order valence-electron chi connectivity index (χ2n) is 5.19. The summed E-state index contributed by atoms with van der Waals surface area (Å²) in [4.78, 5) is 23.7. The number of benzene rings is 1. The van der Waals surface area contributed by atoms with E-state index in [4.69, 9.17) is 10.5 Å². The zero-order valence-corrected chi connectivity index (χ0v) is 12.9. The zero-order valence-electron chi connectivity index (χ0n) is 12.9. The van der Waals surface area contributed by atoms with E-state index in [0.717, 1.165) is 16.6 Å². The Bertz CT molecular complexity index is 1030. The predicted octanol–water partition coefficient (Wildman–Crippen LogP) is 2.03. The van der Waals surface area contributed by atoms with Crippen molar-refractivity contribution in [2.75, 3.05) is 12.3 Å². The predicted molar refractivity (Wildman–Crippen MR) is 88.4 cm³/mol. The van der Waals surface area contributed by atoms with Crippen LogP contribution in [-0.4, -0.2) is 37.1 Å². The number of aromatic amines is 1. The maximum atomic E-state index is 12.1. The number of ether oxygens (including phenoxy) is 1. The number of esters is 1. The van der Waals surface area contributed by atoms with E-state index in [2.05, 4.69) is 20.1 Å². The number of aromatic nitrogens is 5. The number of anilines is 1. The third kappa shape index (κ3) is 2.16. The molecule has 0 radical (unpaired) electrons. The standard InChI is InChI=1S/C16H14N6O2/c1-2-24-15(23)10-8-18-16(17)22-14(10)20-13(21-22)12-7-9-5-3-4-6-11(9)19-12/h3-8,19H,2H2,1H3,(H2,17,18). The fourth-order valence-corrected chi connectivity index (χ4v) is 2.55. The number of nitrogen functional groups attached to an aromatic ring is 1. The number of hydrogen-bond acceptors (Lipinski definition) is 6. The highest BCUT2D eigenvalue weighted by Crippen LogP contribution is 2.23. The molecule has 0 spiro atoms. The lowest BCUT2D eigenvalue weighted by Crippen LogP contribution is -2.10. The minimum atomic E-state index is -0.509. The van der Waals surface area contributed by atoms with Crippen molar-refractivity contribution in [2.24, 2.45) is 0 Å². The second-order valence-corrected chi connectivity index (χ2v) is 5.19. The van der Waals surface area contributed by atoms with Crippen LogP contribution in [0.1, 0.15) is 17.3 Å². The Labute approximate surface area is 136 Å². The SMILES string of the molecule is CCOC(=O)c1cnc(N)n2nc(-c3cc4ccccc4[nH]3)nc12. The minimum absolute atomic E-state index is 0.146. The van der Waals surface area contributed by atoms with E-state index in [-0.39, 0.29) is 18.1 Å². The summed E-state index contributed by atoms with van der Waals surface area (Å²) in [6, 6.07) is 9.80. The van der Waals surface area contributed by atoms with E-state index < -0.39 is 5.97 Å². The average Bonchev–Trinajstić information content (AvgIpc) is 3.19. The molecule has 0 bridgehead atoms. The van der Waals surface area contributed by atoms with Gasteiger partial charge in [-0.3, -0.25) is 0 Å². The lowest BCUT2D eigenvalue weighted by molar-refractivity contribution is 0.0527. The van der Waals surface area contributed by atoms with Gasteiger partial charge in [-0.2, -0.15) is 4.52 Å². The smallest absolute Gasteiger partial charge is 0.343 e. The number of rotatable bonds is 3. The highest BCUT2D eigenvalue weighted by Gasteiger charge is 2.19. The topological polar surface area (TPSA) is 111 Å². The quantitative estimate of drug-likeness (QED) is 0.558. The first-order valence-electron chi connectivity index (χ1n) is 7.44. The summed E-state index contributed by atoms with van der Waals surface area (Å²) in [5.41, 5.74) is 8.10. The summed E-state index contributed by atoms with van der Waals surface area (Å²) >= 11 is 0. The lowest BCUT2D eigenvalue weighted by Gasteiger charge is -2.03. The van der Waals surface area contributed by atoms with Crippen molar-refractivity contribution < 1.29 is 9.53 Å². The molecule has 120 valence electrons. The summed E-state index contributed by atoms with van der Waals surface area (Å²) in [5.74, 6) is 0.0648. The van der Waals surface area contributed by atoms with E-state index >= 15 is 0 Å². The Morgan fingerprint density at radius 1 is 1.38 bits per heavy atom. The number of hydrogen-bond donors (Lipinski definition) is 2. The zero-order chi connectivity index (χ0) is 16.7. The molecule has 3 aromatic heterocycles. The molecular weight excluding hydrogens is 308 g/mol. The number of nitrogens with zero attached hydrogens (tertiary/aromatic N) is 4. The van der Waals surface area contributed by atoms with Crippen LogP contribution in [0.3, 0.4) is 0 Å². The van der Waals surface area contributed by atoms with E-state index in [1.807, 2.05) is 30.3 Å². The number of carbonyl (C=O) groups excluding carboxylic acids is 1. The molecule has 0 atom stereocenters. The first kappa shape index (κ1) is 14.2. The van der Waals surface area contributed by atoms with Crippen molar-refractivity contribution in [2.45, 2.75) is 6.92 Å². The van der Waals surface area contributed by atoms with Crippen LogP contribution in [0.15, 0.2) is 36.5 Å². The van der Waals surface area contributed by atoms with Gasteiger partial charge < -0.3 is 15.5 Å². The Balaban J connectivity index is 1.89. The molecule has 3 N–H and O–H groups in total. The molecule has 0 amide bonds. The van der Waals surface area contributed by atoms with Gasteiger partial charge >= 0.3 is 5.97 Å². The van der Waals surface area contributed by atoms with Crippen LogP contribution in [0.4, 0.5) is 5.95 Å². The van der Waals surface area contributed by atoms with E-state index in [0.29, 0.717) is 11.5 Å². The number of fused-ring (bicyclic) bond motifs is 2. The molecule has 0 fully saturated rings. The molecule has 8 nitrogen and oxygen atoms in total. The highest BCUT2D eigenvalue weighted by atomic mass is 16.5. The third-order valence-corrected chi connectivity index (χ3v) is 3.66. The van der Waals surface area contributed by atoms with Gasteiger partial charge in [0.2, 0.25) is 5.95 Å². The molecule has 0 unspecified atom stereocenters. The van der Waals surface area contributed by atoms with Crippen molar-refractivity contribution in [1.29, 1.82) is 0 Å². The monoisotopic (exact) mass is 322 g/mol. The first-order chi connectivity index (χ1) is 11.7. The van der Waals surface area contributed by atoms with E-state index in [1.165, 1.54) is 10.7 Å². The molecule has 4 rings (SSSR count). The molecule has 0 saturated carbocycles. The fraction of sp³-hybridized carbons (Fsp3) is 0.125. The highest BCUT2D eigenvalue weighted by molar-refractivity contribution is 5.96. The Morgan fingerprint density at radius 2 is 2.21 bits per heavy atom. The van der Waals surface area contributed by atoms with Crippen LogP contribution < -0.4 is 5.73 Å². The maximum Gasteiger partial charge on any atom is 0.343 e. The van der Waals surface area contributed by atoms with Crippen LogP contribution in [0.5, 0.6) is 0 Å². The van der Waals surface area contributed by atoms with Crippen molar-refractivity contribution in [3.63, 3.8) is 0 Å². The summed E-state index contributed by atoms with van der Waals surface area (Å²) in [7, 11) is 0. The maximum absolute atomic E-state index is 12.1. The van der Waals surface area contributed by atoms with Gasteiger partial charge in [-0.15, -0.1) is 5.10 Å². The molecule has 3 heterocycles. The number of para-hydroxylation sites is 1. The molecule has 0 aliphatic heterocycles. The molecule has 4 aromatic rings. The van der Waals surface area contributed by atoms with Crippen LogP contribution in [-0.2, 0) is 4.74 Å². The van der Waals surface area contributed by atoms with Gasteiger partial charge in [-0.25, -0.2) is 14.8 Å². The van der Waals surface area contributed by atoms with Crippen LogP contribution in [0.2, 0.25) is 0 Å². The third-order valence-electron chi connectivity index (χ3n) is 3.66. The minimum Gasteiger partial charge on any atom is -0.462 e. The van der Waals surface area contributed by atoms with Crippen LogP contribution in [0.25, 0.3) is 28.1 Å². The Hall–Kier alpha value is -3.42. The van der Waals surface area contributed by atoms with Crippen LogP contribution >= 0.6 is 0 Å². The van der Waals surface area contributed by atoms with Gasteiger partial charge in [0.25, 0.3) is 0 Å². The molecule has 8 heteroatoms. The van der Waals surface area contributed by atoms with Crippen molar-refractivity contribution >= 4 is 28.5 Å². The van der Waals surface area contributed by atoms with Gasteiger partial charge in [-0.05, 0) is 19.1 Å². The molecule has 0 aliphatic rings. The number of nitrogens with one attached hydrogen (secondary N) is 1. The van der Waals surface area contributed by atoms with Gasteiger partial charge in [0, 0.05) is 17.1 Å². The fourth-order valence-electron chi connectivity index (χ4n) is 2.55. The summed E-state index contributed by atoms with van der Waals surface area (Å²) in [5, 5.41) is 5.40. The molecule has 1 aromatic carbocycles. The second kappa shape index (κ2) is 5.34. The Morgan fingerprint density at radius 3 is 3.00 bits per heavy atom. The van der Waals surface area contributed by atoms with Gasteiger partial charge in [-0.1, -0.05) is 18.2 Å². The molecular formula is C16H14N6O2. The van der Waals surface area contributed by atoms with Gasteiger partial charge in [0.1, 0.15) is 5.56 Å². The van der Waals surface area contributed by atoms with Crippen molar-refractivity contribution in [1.82, 2.24) is 24.6 Å². The average molecular weight is 322 g/mol. The summed E-state index contributed by atoms with van der Waals surface area (Å²) < 4.78 is 6.37. The molecule has 0 aliphatic carbocycles. The van der Waals surface area contributed by atoms with Gasteiger partial charge in [0.15, 0.2) is 11.5 Å². The summed E-state index contributed by atoms with van der Waals surface area (Å²) in [6.07, 6.45) is 1.35. The number of carbonyl (C=O) groups is 1. The van der Waals surface area contributed by atoms with Crippen LogP contribution in [0, 0.1) is 0 Å². The summed E-state index contributed by atoms with van der Waals surface area (Å²) in [6.45, 7) is 2.00. The number of nitrogens with two attached hydrogens (primary N) is 1. The van der Waals surface area contributed by atoms with Crippen molar-refractivity contribution in [3.8, 4) is 11.5 Å². The molecule has 0 saturated heterocycles. The van der Waals surface area contributed by atoms with E-state index in [9.17, 15) is 4.79 Å². The Kier molecular flexibility index (Phi) is 3.16. The molecule has 24 heavy (non-hydrogen) atoms. The van der Waals surface area contributed by atoms with Gasteiger partial charge in [0.05, 0.1) is 12.3 Å². The lowest BCUT2D eigenvalue weighted by atomic mass is 10.2. The normalized spacial score (nSPS) is 11.2. The van der Waals surface area contributed by atoms with E-state index in [1.54, 1.807) is 6.92 Å². The largest absolute Gasteiger partial charge is 0.462 e.